The molecule has 59 heavy (non-hydrogen) atoms. The van der Waals surface area contributed by atoms with Crippen LogP contribution < -0.4 is 50.6 Å². The Morgan fingerprint density at radius 3 is 2.14 bits per heavy atom. The molecule has 20 nitrogen and oxygen atoms in total. The van der Waals surface area contributed by atoms with Gasteiger partial charge in [0.25, 0.3) is 0 Å². The summed E-state index contributed by atoms with van der Waals surface area (Å²) in [4.78, 5) is 61.5. The minimum absolute atomic E-state index is 0. The van der Waals surface area contributed by atoms with Crippen LogP contribution in [-0.4, -0.2) is 160 Å². The molecule has 3 amide bonds. The summed E-state index contributed by atoms with van der Waals surface area (Å²) >= 11 is 0. The minimum atomic E-state index is -1.69. The first-order valence-corrected chi connectivity index (χ1v) is 20.4. The van der Waals surface area contributed by atoms with Gasteiger partial charge in [-0.1, -0.05) is 45.4 Å². The molecule has 0 aromatic carbocycles. The van der Waals surface area contributed by atoms with Crippen LogP contribution >= 0.6 is 0 Å². The van der Waals surface area contributed by atoms with E-state index in [4.69, 9.17) is 28.8 Å². The predicted molar refractivity (Wildman–Crippen MR) is 196 cm³/mol. The van der Waals surface area contributed by atoms with E-state index in [0.717, 1.165) is 32.1 Å². The molecule has 2 aliphatic heterocycles. The topological polar surface area (TPSA) is 312 Å². The van der Waals surface area contributed by atoms with Crippen molar-refractivity contribution in [2.24, 2.45) is 17.8 Å². The van der Waals surface area contributed by atoms with Gasteiger partial charge < -0.3 is 80.2 Å². The number of hydrogen-bond acceptors (Lipinski definition) is 16. The van der Waals surface area contributed by atoms with E-state index in [1.165, 1.54) is 13.8 Å². The average molecular weight is 856 g/mol. The molecule has 0 aromatic heterocycles. The van der Waals surface area contributed by atoms with Crippen LogP contribution in [-0.2, 0) is 47.7 Å². The van der Waals surface area contributed by atoms with Gasteiger partial charge in [-0.25, -0.2) is 0 Å². The van der Waals surface area contributed by atoms with Gasteiger partial charge in [-0.2, -0.15) is 0 Å². The normalized spacial score (nSPS) is 35.7. The van der Waals surface area contributed by atoms with Crippen LogP contribution in [0.15, 0.2) is 0 Å². The van der Waals surface area contributed by atoms with Crippen LogP contribution in [0.4, 0.5) is 0 Å². The van der Waals surface area contributed by atoms with Gasteiger partial charge in [-0.3, -0.25) is 19.2 Å². The Labute approximate surface area is 365 Å². The van der Waals surface area contributed by atoms with E-state index in [0.29, 0.717) is 6.42 Å². The maximum atomic E-state index is 13.6. The van der Waals surface area contributed by atoms with Gasteiger partial charge in [0.2, 0.25) is 17.7 Å². The average Bonchev–Trinajstić information content (AvgIpc) is 3.19. The third-order valence-corrected chi connectivity index (χ3v) is 11.6. The molecule has 4 aliphatic rings. The van der Waals surface area contributed by atoms with E-state index < -0.39 is 128 Å². The number of carboxylic acid groups (broad SMARTS) is 2. The maximum Gasteiger partial charge on any atom is 1.00 e. The molecule has 0 spiro atoms. The Kier molecular flexibility index (Phi) is 21.3. The number of carbonyl (C=O) groups excluding carboxylic acids is 4. The van der Waals surface area contributed by atoms with Crippen molar-refractivity contribution >= 4 is 29.7 Å². The van der Waals surface area contributed by atoms with E-state index in [9.17, 15) is 54.6 Å². The third kappa shape index (κ3) is 14.5. The number of carbonyl (C=O) groups is 5. The summed E-state index contributed by atoms with van der Waals surface area (Å²) in [7, 11) is 0. The fourth-order valence-corrected chi connectivity index (χ4v) is 8.41. The van der Waals surface area contributed by atoms with E-state index >= 15 is 0 Å². The molecule has 332 valence electrons. The van der Waals surface area contributed by atoms with E-state index in [2.05, 4.69) is 16.0 Å². The van der Waals surface area contributed by atoms with Gasteiger partial charge in [-0.05, 0) is 38.0 Å². The van der Waals surface area contributed by atoms with E-state index in [1.807, 2.05) is 6.92 Å². The molecule has 6 unspecified atom stereocenters. The fraction of sp³-hybridized carbons (Fsp3) is 0.868. The molecule has 0 bridgehead atoms. The van der Waals surface area contributed by atoms with Gasteiger partial charge in [0.05, 0.1) is 43.4 Å². The minimum Gasteiger partial charge on any atom is -0.547 e. The van der Waals surface area contributed by atoms with Crippen molar-refractivity contribution in [1.29, 1.82) is 0 Å². The molecule has 2 saturated carbocycles. The zero-order chi connectivity index (χ0) is 42.7. The molecule has 2 saturated heterocycles. The second-order valence-electron chi connectivity index (χ2n) is 15.9. The molecule has 9 N–H and O–H groups in total. The fourth-order valence-electron chi connectivity index (χ4n) is 8.41. The first kappa shape index (κ1) is 51.3. The molecular formula is C38H62N3NaO17. The second kappa shape index (κ2) is 24.6. The van der Waals surface area contributed by atoms with Gasteiger partial charge in [0, 0.05) is 32.4 Å². The van der Waals surface area contributed by atoms with Gasteiger partial charge >= 0.3 is 35.5 Å². The Hall–Kier alpha value is -2.05. The molecule has 15 atom stereocenters. The molecule has 2 heterocycles. The van der Waals surface area contributed by atoms with Crippen LogP contribution in [0.1, 0.15) is 91.4 Å². The standard InChI is InChI=1S/C38H63N3O17.Na/c1-4-21-15-22(35(51)40-13-12-39-26(44)10-11-27(45)46)16-23(33(21)58-38-32(50)31(49)29(47)18(2)54-38)56-37-28(41-19(3)43)34(30(48)25(17-42)57-37)55-24(36(52)53)14-20-8-6-5-7-9-20;/h18,20-25,28-34,37-38,42,47-50H,4-17H2,1-3H3,(H,39,44)(H,40,51)(H,41,43)(H,45,46)(H,52,53);/q;+1/p-1/t18?,21?,22?,23-,24+,25+,28?,29-,30+,31+,32?,33-,34?,37-,38+;/m1./s1. The van der Waals surface area contributed by atoms with Crippen molar-refractivity contribution < 1.29 is 113 Å². The summed E-state index contributed by atoms with van der Waals surface area (Å²) in [5.74, 6) is -5.37. The predicted octanol–water partition coefficient (Wildman–Crippen LogP) is -5.82. The molecule has 4 rings (SSSR count). The monoisotopic (exact) mass is 855 g/mol. The van der Waals surface area contributed by atoms with Crippen molar-refractivity contribution in [3.8, 4) is 0 Å². The molecular weight excluding hydrogens is 793 g/mol. The zero-order valence-electron chi connectivity index (χ0n) is 34.3. The van der Waals surface area contributed by atoms with Crippen molar-refractivity contribution in [2.75, 3.05) is 19.7 Å². The Balaban J connectivity index is 0.00000930. The van der Waals surface area contributed by atoms with Crippen molar-refractivity contribution in [1.82, 2.24) is 16.0 Å². The summed E-state index contributed by atoms with van der Waals surface area (Å²) in [6.45, 7) is 3.79. The Morgan fingerprint density at radius 1 is 0.847 bits per heavy atom. The first-order chi connectivity index (χ1) is 27.5. The first-order valence-electron chi connectivity index (χ1n) is 20.4. The van der Waals surface area contributed by atoms with Crippen molar-refractivity contribution in [2.45, 2.75) is 171 Å². The number of rotatable bonds is 19. The van der Waals surface area contributed by atoms with E-state index in [-0.39, 0.29) is 80.7 Å². The SMILES string of the molecule is CCC1CC(C(=O)NCCNC(=O)CCC(=O)O)C[C@@H](O[C@@H]2O[C@@H](CO)[C@H](O)C(O[C@@H](CC3CCCCC3)C(=O)[O-])C2NC(C)=O)[C@@H]1O[C@@H]1OC(C)[C@@H](O)[C@H](O)C1O.[Na+]. The summed E-state index contributed by atoms with van der Waals surface area (Å²) in [6.07, 6.45) is -12.2. The second-order valence-corrected chi connectivity index (χ2v) is 15.9. The smallest absolute Gasteiger partial charge is 0.547 e. The van der Waals surface area contributed by atoms with Crippen LogP contribution in [0.5, 0.6) is 0 Å². The third-order valence-electron chi connectivity index (χ3n) is 11.6. The Morgan fingerprint density at radius 2 is 1.53 bits per heavy atom. The van der Waals surface area contributed by atoms with Gasteiger partial charge in [0.15, 0.2) is 12.6 Å². The number of aliphatic hydroxyl groups excluding tert-OH is 5. The van der Waals surface area contributed by atoms with Crippen LogP contribution in [0.25, 0.3) is 0 Å². The molecule has 2 aliphatic carbocycles. The van der Waals surface area contributed by atoms with Gasteiger partial charge in [-0.15, -0.1) is 0 Å². The molecule has 21 heteroatoms. The number of amides is 3. The molecule has 0 radical (unpaired) electrons. The van der Waals surface area contributed by atoms with Gasteiger partial charge in [0.1, 0.15) is 42.7 Å². The van der Waals surface area contributed by atoms with E-state index in [1.54, 1.807) is 0 Å². The summed E-state index contributed by atoms with van der Waals surface area (Å²) < 4.78 is 30.8. The largest absolute Gasteiger partial charge is 1.00 e. The number of aliphatic carboxylic acids is 2. The quantitative estimate of drug-likeness (QED) is 0.0432. The van der Waals surface area contributed by atoms with Crippen LogP contribution in [0.3, 0.4) is 0 Å². The zero-order valence-corrected chi connectivity index (χ0v) is 36.3. The van der Waals surface area contributed by atoms with Crippen molar-refractivity contribution in [3.05, 3.63) is 0 Å². The number of aliphatic hydroxyl groups is 5. The van der Waals surface area contributed by atoms with Crippen LogP contribution in [0.2, 0.25) is 0 Å². The number of nitrogens with one attached hydrogen (secondary N) is 3. The summed E-state index contributed by atoms with van der Waals surface area (Å²) in [5, 5.41) is 82.6. The molecule has 4 fully saturated rings. The number of carboxylic acids is 2. The maximum absolute atomic E-state index is 13.6. The number of hydrogen-bond donors (Lipinski definition) is 9. The summed E-state index contributed by atoms with van der Waals surface area (Å²) in [6, 6.07) is -1.36. The summed E-state index contributed by atoms with van der Waals surface area (Å²) in [5.41, 5.74) is 0. The Bertz CT molecular complexity index is 1380. The molecule has 0 aromatic rings. The number of ether oxygens (including phenoxy) is 5. The van der Waals surface area contributed by atoms with Crippen molar-refractivity contribution in [3.63, 3.8) is 0 Å². The van der Waals surface area contributed by atoms with Crippen LogP contribution in [0, 0.1) is 17.8 Å².